The highest BCUT2D eigenvalue weighted by atomic mass is 79.9. The SMILES string of the molecule is CCCOc1ccc(Br)cc1CN1CCC(C)(C(=O)O)C1. The number of ether oxygens (including phenoxy) is 1. The van der Waals surface area contributed by atoms with Gasteiger partial charge in [0.2, 0.25) is 0 Å². The molecule has 1 atom stereocenters. The fourth-order valence-corrected chi connectivity index (χ4v) is 3.04. The van der Waals surface area contributed by atoms with Crippen LogP contribution in [0.3, 0.4) is 0 Å². The fourth-order valence-electron chi connectivity index (χ4n) is 2.63. The molecule has 1 aromatic carbocycles. The van der Waals surface area contributed by atoms with Crippen molar-refractivity contribution in [1.29, 1.82) is 0 Å². The molecule has 2 rings (SSSR count). The smallest absolute Gasteiger partial charge is 0.310 e. The van der Waals surface area contributed by atoms with Crippen molar-refractivity contribution < 1.29 is 14.6 Å². The molecule has 1 aromatic rings. The highest BCUT2D eigenvalue weighted by Gasteiger charge is 2.40. The van der Waals surface area contributed by atoms with Gasteiger partial charge in [0, 0.05) is 23.1 Å². The van der Waals surface area contributed by atoms with Gasteiger partial charge in [-0.15, -0.1) is 0 Å². The second-order valence-electron chi connectivity index (χ2n) is 5.93. The van der Waals surface area contributed by atoms with E-state index in [0.717, 1.165) is 35.3 Å². The number of nitrogens with zero attached hydrogens (tertiary/aromatic N) is 1. The molecule has 1 unspecified atom stereocenters. The molecule has 0 radical (unpaired) electrons. The number of halogens is 1. The van der Waals surface area contributed by atoms with Crippen molar-refractivity contribution in [2.45, 2.75) is 33.2 Å². The summed E-state index contributed by atoms with van der Waals surface area (Å²) in [6.07, 6.45) is 1.66. The van der Waals surface area contributed by atoms with Gasteiger partial charge in [-0.3, -0.25) is 9.69 Å². The molecule has 0 bridgehead atoms. The first-order valence-corrected chi connectivity index (χ1v) is 8.11. The maximum absolute atomic E-state index is 11.3. The molecule has 5 heteroatoms. The lowest BCUT2D eigenvalue weighted by Crippen LogP contribution is -2.31. The molecule has 1 saturated heterocycles. The Balaban J connectivity index is 2.09. The Bertz CT molecular complexity index is 520. The third-order valence-electron chi connectivity index (χ3n) is 3.95. The summed E-state index contributed by atoms with van der Waals surface area (Å²) in [5.74, 6) is 0.186. The van der Waals surface area contributed by atoms with Crippen molar-refractivity contribution in [2.75, 3.05) is 19.7 Å². The zero-order chi connectivity index (χ0) is 15.5. The van der Waals surface area contributed by atoms with Crippen LogP contribution in [0, 0.1) is 5.41 Å². The summed E-state index contributed by atoms with van der Waals surface area (Å²) in [4.78, 5) is 13.5. The molecule has 4 nitrogen and oxygen atoms in total. The van der Waals surface area contributed by atoms with Crippen LogP contribution in [0.4, 0.5) is 0 Å². The van der Waals surface area contributed by atoms with Gasteiger partial charge in [0.1, 0.15) is 5.75 Å². The zero-order valence-electron chi connectivity index (χ0n) is 12.6. The molecule has 0 amide bonds. The molecule has 1 fully saturated rings. The summed E-state index contributed by atoms with van der Waals surface area (Å²) in [6.45, 7) is 6.72. The highest BCUT2D eigenvalue weighted by molar-refractivity contribution is 9.10. The minimum Gasteiger partial charge on any atom is -0.493 e. The first-order valence-electron chi connectivity index (χ1n) is 7.31. The predicted molar refractivity (Wildman–Crippen MR) is 85.6 cm³/mol. The van der Waals surface area contributed by atoms with E-state index in [0.29, 0.717) is 19.6 Å². The third-order valence-corrected chi connectivity index (χ3v) is 4.44. The summed E-state index contributed by atoms with van der Waals surface area (Å²) in [6, 6.07) is 6.00. The lowest BCUT2D eigenvalue weighted by atomic mass is 9.90. The van der Waals surface area contributed by atoms with Gasteiger partial charge in [-0.2, -0.15) is 0 Å². The molecule has 1 N–H and O–H groups in total. The van der Waals surface area contributed by atoms with E-state index >= 15 is 0 Å². The number of hydrogen-bond donors (Lipinski definition) is 1. The van der Waals surface area contributed by atoms with Crippen molar-refractivity contribution in [3.8, 4) is 5.75 Å². The zero-order valence-corrected chi connectivity index (χ0v) is 14.1. The van der Waals surface area contributed by atoms with E-state index in [9.17, 15) is 9.90 Å². The standard InChI is InChI=1S/C16H22BrNO3/c1-3-8-21-14-5-4-13(17)9-12(14)10-18-7-6-16(2,11-18)15(19)20/h4-5,9H,3,6-8,10-11H2,1-2H3,(H,19,20). The minimum absolute atomic E-state index is 0.585. The maximum Gasteiger partial charge on any atom is 0.310 e. The van der Waals surface area contributed by atoms with E-state index in [-0.39, 0.29) is 0 Å². The maximum atomic E-state index is 11.3. The average Bonchev–Trinajstić information content (AvgIpc) is 2.81. The molecular weight excluding hydrogens is 334 g/mol. The van der Waals surface area contributed by atoms with Crippen molar-refractivity contribution in [3.05, 3.63) is 28.2 Å². The largest absolute Gasteiger partial charge is 0.493 e. The molecule has 0 aromatic heterocycles. The van der Waals surface area contributed by atoms with Gasteiger partial charge in [0.15, 0.2) is 0 Å². The first kappa shape index (κ1) is 16.3. The lowest BCUT2D eigenvalue weighted by molar-refractivity contribution is -0.147. The molecule has 0 spiro atoms. The molecule has 1 heterocycles. The summed E-state index contributed by atoms with van der Waals surface area (Å²) < 4.78 is 6.80. The second-order valence-corrected chi connectivity index (χ2v) is 6.84. The lowest BCUT2D eigenvalue weighted by Gasteiger charge is -2.21. The van der Waals surface area contributed by atoms with Crippen molar-refractivity contribution in [1.82, 2.24) is 4.90 Å². The van der Waals surface area contributed by atoms with Crippen LogP contribution in [-0.2, 0) is 11.3 Å². The Labute approximate surface area is 134 Å². The summed E-state index contributed by atoms with van der Waals surface area (Å²) in [5.41, 5.74) is 0.476. The Morgan fingerprint density at radius 2 is 2.29 bits per heavy atom. The Kier molecular flexibility index (Phi) is 5.27. The summed E-state index contributed by atoms with van der Waals surface area (Å²) >= 11 is 3.49. The topological polar surface area (TPSA) is 49.8 Å². The van der Waals surface area contributed by atoms with Crippen molar-refractivity contribution in [3.63, 3.8) is 0 Å². The molecular formula is C16H22BrNO3. The fraction of sp³-hybridized carbons (Fsp3) is 0.562. The normalized spacial score (nSPS) is 22.4. The number of benzene rings is 1. The highest BCUT2D eigenvalue weighted by Crippen LogP contribution is 2.33. The number of likely N-dealkylation sites (tertiary alicyclic amines) is 1. The molecule has 116 valence electrons. The second kappa shape index (κ2) is 6.79. The molecule has 0 saturated carbocycles. The minimum atomic E-state index is -0.707. The number of carboxylic acids is 1. The van der Waals surface area contributed by atoms with Gasteiger partial charge in [0.05, 0.1) is 12.0 Å². The van der Waals surface area contributed by atoms with Crippen molar-refractivity contribution >= 4 is 21.9 Å². The predicted octanol–water partition coefficient (Wildman–Crippen LogP) is 3.53. The van der Waals surface area contributed by atoms with Gasteiger partial charge in [-0.25, -0.2) is 0 Å². The third kappa shape index (κ3) is 3.98. The van der Waals surface area contributed by atoms with Gasteiger partial charge in [0.25, 0.3) is 0 Å². The number of carbonyl (C=O) groups is 1. The number of rotatable bonds is 6. The van der Waals surface area contributed by atoms with Crippen LogP contribution < -0.4 is 4.74 Å². The Morgan fingerprint density at radius 1 is 1.52 bits per heavy atom. The number of hydrogen-bond acceptors (Lipinski definition) is 3. The van der Waals surface area contributed by atoms with Crippen LogP contribution in [-0.4, -0.2) is 35.7 Å². The van der Waals surface area contributed by atoms with E-state index < -0.39 is 11.4 Å². The Morgan fingerprint density at radius 3 is 2.90 bits per heavy atom. The number of aliphatic carboxylic acids is 1. The van der Waals surface area contributed by atoms with Gasteiger partial charge >= 0.3 is 5.97 Å². The van der Waals surface area contributed by atoms with Crippen LogP contribution >= 0.6 is 15.9 Å². The van der Waals surface area contributed by atoms with Crippen LogP contribution in [0.15, 0.2) is 22.7 Å². The van der Waals surface area contributed by atoms with E-state index in [4.69, 9.17) is 4.74 Å². The van der Waals surface area contributed by atoms with Gasteiger partial charge in [-0.1, -0.05) is 22.9 Å². The van der Waals surface area contributed by atoms with Gasteiger partial charge < -0.3 is 9.84 Å². The first-order chi connectivity index (χ1) is 9.94. The summed E-state index contributed by atoms with van der Waals surface area (Å²) in [7, 11) is 0. The molecule has 1 aliphatic heterocycles. The van der Waals surface area contributed by atoms with Gasteiger partial charge in [-0.05, 0) is 44.5 Å². The van der Waals surface area contributed by atoms with E-state index in [1.807, 2.05) is 19.1 Å². The number of carboxylic acid groups (broad SMARTS) is 1. The Hall–Kier alpha value is -1.07. The van der Waals surface area contributed by atoms with E-state index in [2.05, 4.69) is 33.8 Å². The summed E-state index contributed by atoms with van der Waals surface area (Å²) in [5, 5.41) is 9.31. The molecule has 0 aliphatic carbocycles. The molecule has 1 aliphatic rings. The molecule has 21 heavy (non-hydrogen) atoms. The van der Waals surface area contributed by atoms with Crippen molar-refractivity contribution in [2.24, 2.45) is 5.41 Å². The average molecular weight is 356 g/mol. The quantitative estimate of drug-likeness (QED) is 0.847. The van der Waals surface area contributed by atoms with Crippen LogP contribution in [0.1, 0.15) is 32.3 Å². The van der Waals surface area contributed by atoms with Crippen LogP contribution in [0.25, 0.3) is 0 Å². The monoisotopic (exact) mass is 355 g/mol. The van der Waals surface area contributed by atoms with Crippen LogP contribution in [0.5, 0.6) is 5.75 Å². The van der Waals surface area contributed by atoms with Crippen LogP contribution in [0.2, 0.25) is 0 Å². The van der Waals surface area contributed by atoms with E-state index in [1.165, 1.54) is 0 Å². The van der Waals surface area contributed by atoms with E-state index in [1.54, 1.807) is 0 Å².